The van der Waals surface area contributed by atoms with E-state index in [-0.39, 0.29) is 0 Å². The van der Waals surface area contributed by atoms with Crippen LogP contribution >= 0.6 is 11.6 Å². The Morgan fingerprint density at radius 1 is 1.50 bits per heavy atom. The van der Waals surface area contributed by atoms with Crippen molar-refractivity contribution in [3.8, 4) is 5.75 Å². The van der Waals surface area contributed by atoms with Crippen LogP contribution in [0, 0.1) is 0 Å². The Bertz CT molecular complexity index is 622. The van der Waals surface area contributed by atoms with E-state index in [4.69, 9.17) is 21.4 Å². The zero-order valence-corrected chi connectivity index (χ0v) is 12.9. The number of hydrogen-bond donors (Lipinski definition) is 2. The first-order valence-corrected chi connectivity index (χ1v) is 6.75. The molecule has 2 N–H and O–H groups in total. The largest absolute Gasteiger partial charge is 0.496 e. The van der Waals surface area contributed by atoms with Crippen LogP contribution in [-0.4, -0.2) is 24.4 Å². The zero-order valence-electron chi connectivity index (χ0n) is 12.1. The van der Waals surface area contributed by atoms with Gasteiger partial charge in [0.25, 0.3) is 0 Å². The minimum absolute atomic E-state index is 0.541. The summed E-state index contributed by atoms with van der Waals surface area (Å²) in [4.78, 5) is 14.0. The van der Waals surface area contributed by atoms with Gasteiger partial charge in [-0.2, -0.15) is 0 Å². The fourth-order valence-corrected chi connectivity index (χ4v) is 1.66. The van der Waals surface area contributed by atoms with Gasteiger partial charge in [0.1, 0.15) is 5.75 Å². The maximum absolute atomic E-state index is 10.2. The maximum atomic E-state index is 10.2. The molecule has 0 saturated carbocycles. The normalized spacial score (nSPS) is 11.4. The molecular weight excluding hydrogens is 304 g/mol. The van der Waals surface area contributed by atoms with Crippen molar-refractivity contribution in [3.05, 3.63) is 65.5 Å². The molecule has 0 aliphatic carbocycles. The third kappa shape index (κ3) is 6.76. The molecule has 0 heterocycles. The summed E-state index contributed by atoms with van der Waals surface area (Å²) in [7, 11) is 1.59. The SMILES string of the molecule is C=C(\C=C/C=N\C=C\C(=O)O)NCc1ccc(Cl)cc1OC. The molecule has 0 atom stereocenters. The van der Waals surface area contributed by atoms with E-state index in [2.05, 4.69) is 16.9 Å². The van der Waals surface area contributed by atoms with Crippen LogP contribution in [0.2, 0.25) is 5.02 Å². The molecule has 6 heteroatoms. The molecular formula is C16H17ClN2O3. The van der Waals surface area contributed by atoms with Gasteiger partial charge in [0.05, 0.1) is 7.11 Å². The molecule has 22 heavy (non-hydrogen) atoms. The summed E-state index contributed by atoms with van der Waals surface area (Å²) >= 11 is 5.90. The number of benzene rings is 1. The fraction of sp³-hybridized carbons (Fsp3) is 0.125. The first-order valence-electron chi connectivity index (χ1n) is 6.37. The van der Waals surface area contributed by atoms with Gasteiger partial charge >= 0.3 is 5.97 Å². The highest BCUT2D eigenvalue weighted by Gasteiger charge is 2.03. The monoisotopic (exact) mass is 320 g/mol. The Balaban J connectivity index is 2.48. The molecule has 0 radical (unpaired) electrons. The van der Waals surface area contributed by atoms with Crippen molar-refractivity contribution in [3.63, 3.8) is 0 Å². The lowest BCUT2D eigenvalue weighted by Gasteiger charge is -2.10. The van der Waals surface area contributed by atoms with Gasteiger partial charge in [-0.1, -0.05) is 24.2 Å². The molecule has 0 bridgehead atoms. The van der Waals surface area contributed by atoms with E-state index in [1.165, 1.54) is 12.4 Å². The number of nitrogens with zero attached hydrogens (tertiary/aromatic N) is 1. The van der Waals surface area contributed by atoms with Crippen molar-refractivity contribution in [2.24, 2.45) is 4.99 Å². The van der Waals surface area contributed by atoms with Crippen molar-refractivity contribution in [2.75, 3.05) is 7.11 Å². The van der Waals surface area contributed by atoms with Crippen molar-refractivity contribution in [2.45, 2.75) is 6.54 Å². The first-order chi connectivity index (χ1) is 10.5. The molecule has 0 saturated heterocycles. The van der Waals surface area contributed by atoms with Crippen LogP contribution in [0.3, 0.4) is 0 Å². The third-order valence-corrected chi connectivity index (χ3v) is 2.76. The van der Waals surface area contributed by atoms with Crippen LogP contribution in [0.5, 0.6) is 5.75 Å². The summed E-state index contributed by atoms with van der Waals surface area (Å²) in [5, 5.41) is 12.1. The molecule has 0 fully saturated rings. The number of ether oxygens (including phenoxy) is 1. The van der Waals surface area contributed by atoms with E-state index < -0.39 is 5.97 Å². The van der Waals surface area contributed by atoms with E-state index in [9.17, 15) is 4.79 Å². The Kier molecular flexibility index (Phi) is 7.50. The highest BCUT2D eigenvalue weighted by atomic mass is 35.5. The summed E-state index contributed by atoms with van der Waals surface area (Å²) in [5.41, 5.74) is 1.64. The standard InChI is InChI=1S/C16H17ClN2O3/c1-12(4-3-8-18-9-7-16(20)21)19-11-13-5-6-14(17)10-15(13)22-2/h3-10,19H,1,11H2,2H3,(H,20,21)/b4-3-,9-7+,18-8-. The van der Waals surface area contributed by atoms with E-state index in [0.717, 1.165) is 11.6 Å². The highest BCUT2D eigenvalue weighted by Crippen LogP contribution is 2.23. The number of aliphatic carboxylic acids is 1. The average molecular weight is 321 g/mol. The molecule has 5 nitrogen and oxygen atoms in total. The van der Waals surface area contributed by atoms with Gasteiger partial charge in [0, 0.05) is 41.3 Å². The Hall–Kier alpha value is -2.53. The molecule has 0 aliphatic rings. The van der Waals surface area contributed by atoms with Crippen LogP contribution < -0.4 is 10.1 Å². The quantitative estimate of drug-likeness (QED) is 0.438. The van der Waals surface area contributed by atoms with Crippen molar-refractivity contribution in [1.82, 2.24) is 5.32 Å². The van der Waals surface area contributed by atoms with Gasteiger partial charge in [-0.25, -0.2) is 4.79 Å². The van der Waals surface area contributed by atoms with Gasteiger partial charge in [-0.15, -0.1) is 0 Å². The summed E-state index contributed by atoms with van der Waals surface area (Å²) in [6.07, 6.45) is 6.99. The van der Waals surface area contributed by atoms with Crippen LogP contribution in [0.1, 0.15) is 5.56 Å². The number of rotatable bonds is 8. The predicted octanol–water partition coefficient (Wildman–Crippen LogP) is 3.18. The minimum Gasteiger partial charge on any atom is -0.496 e. The van der Waals surface area contributed by atoms with E-state index in [0.29, 0.717) is 23.0 Å². The molecule has 0 amide bonds. The number of methoxy groups -OCH3 is 1. The fourth-order valence-electron chi connectivity index (χ4n) is 1.50. The molecule has 0 aliphatic heterocycles. The van der Waals surface area contributed by atoms with E-state index >= 15 is 0 Å². The van der Waals surface area contributed by atoms with Gasteiger partial charge in [0.2, 0.25) is 0 Å². The highest BCUT2D eigenvalue weighted by molar-refractivity contribution is 6.30. The van der Waals surface area contributed by atoms with E-state index in [1.807, 2.05) is 6.07 Å². The second-order valence-electron chi connectivity index (χ2n) is 4.15. The predicted molar refractivity (Wildman–Crippen MR) is 88.4 cm³/mol. The zero-order chi connectivity index (χ0) is 16.4. The number of aliphatic imine (C=N–C) groups is 1. The van der Waals surface area contributed by atoms with E-state index in [1.54, 1.807) is 31.4 Å². The Morgan fingerprint density at radius 2 is 2.27 bits per heavy atom. The lowest BCUT2D eigenvalue weighted by Crippen LogP contribution is -2.11. The molecule has 1 aromatic rings. The minimum atomic E-state index is -1.04. The first kappa shape index (κ1) is 17.5. The lowest BCUT2D eigenvalue weighted by molar-refractivity contribution is -0.131. The molecule has 116 valence electrons. The van der Waals surface area contributed by atoms with Gasteiger partial charge < -0.3 is 15.2 Å². The molecule has 0 aromatic heterocycles. The molecule has 0 unspecified atom stereocenters. The molecule has 1 aromatic carbocycles. The third-order valence-electron chi connectivity index (χ3n) is 2.53. The van der Waals surface area contributed by atoms with Gasteiger partial charge in [-0.3, -0.25) is 4.99 Å². The topological polar surface area (TPSA) is 70.9 Å². The van der Waals surface area contributed by atoms with Crippen LogP contribution in [-0.2, 0) is 11.3 Å². The number of hydrogen-bond acceptors (Lipinski definition) is 4. The van der Waals surface area contributed by atoms with Crippen LogP contribution in [0.15, 0.2) is 59.9 Å². The summed E-state index contributed by atoms with van der Waals surface area (Å²) in [6.45, 7) is 4.39. The van der Waals surface area contributed by atoms with Gasteiger partial charge in [-0.05, 0) is 24.3 Å². The van der Waals surface area contributed by atoms with Crippen molar-refractivity contribution in [1.29, 1.82) is 0 Å². The average Bonchev–Trinajstić information content (AvgIpc) is 2.49. The van der Waals surface area contributed by atoms with Crippen molar-refractivity contribution >= 4 is 23.8 Å². The number of halogens is 1. The van der Waals surface area contributed by atoms with Crippen LogP contribution in [0.25, 0.3) is 0 Å². The smallest absolute Gasteiger partial charge is 0.329 e. The Morgan fingerprint density at radius 3 is 2.95 bits per heavy atom. The summed E-state index contributed by atoms with van der Waals surface area (Å²) < 4.78 is 5.25. The number of carboxylic acid groups (broad SMARTS) is 1. The Labute approximate surface area is 134 Å². The number of nitrogens with one attached hydrogen (secondary N) is 1. The number of allylic oxidation sites excluding steroid dienone is 2. The maximum Gasteiger partial charge on any atom is 0.329 e. The van der Waals surface area contributed by atoms with Crippen LogP contribution in [0.4, 0.5) is 0 Å². The summed E-state index contributed by atoms with van der Waals surface area (Å²) in [6, 6.07) is 5.42. The second kappa shape index (κ2) is 9.41. The van der Waals surface area contributed by atoms with Gasteiger partial charge in [0.15, 0.2) is 0 Å². The number of carbonyl (C=O) groups is 1. The lowest BCUT2D eigenvalue weighted by atomic mass is 10.2. The number of carboxylic acids is 1. The molecule has 0 spiro atoms. The summed E-state index contributed by atoms with van der Waals surface area (Å²) in [5.74, 6) is -0.332. The van der Waals surface area contributed by atoms with Crippen molar-refractivity contribution < 1.29 is 14.6 Å². The second-order valence-corrected chi connectivity index (χ2v) is 4.58. The molecule has 1 rings (SSSR count).